The minimum absolute atomic E-state index is 0.0724. The molecule has 1 atom stereocenters. The number of aromatic nitrogens is 1. The highest BCUT2D eigenvalue weighted by atomic mass is 16.5. The summed E-state index contributed by atoms with van der Waals surface area (Å²) in [7, 11) is 0. The third-order valence-corrected chi connectivity index (χ3v) is 5.27. The molecule has 4 nitrogen and oxygen atoms in total. The van der Waals surface area contributed by atoms with Crippen LogP contribution in [0.2, 0.25) is 0 Å². The van der Waals surface area contributed by atoms with E-state index in [4.69, 9.17) is 4.74 Å². The Kier molecular flexibility index (Phi) is 5.02. The minimum Gasteiger partial charge on any atom is -0.381 e. The van der Waals surface area contributed by atoms with Gasteiger partial charge >= 0.3 is 0 Å². The van der Waals surface area contributed by atoms with Crippen LogP contribution in [0.4, 0.5) is 0 Å². The largest absolute Gasteiger partial charge is 0.381 e. The molecule has 0 saturated carbocycles. The summed E-state index contributed by atoms with van der Waals surface area (Å²) in [5.74, 6) is 0.341. The summed E-state index contributed by atoms with van der Waals surface area (Å²) in [6.07, 6.45) is 3.70. The van der Waals surface area contributed by atoms with Crippen LogP contribution in [0.1, 0.15) is 29.9 Å². The van der Waals surface area contributed by atoms with Gasteiger partial charge in [0.2, 0.25) is 5.91 Å². The predicted octanol–water partition coefficient (Wildman–Crippen LogP) is 3.84. The normalized spacial score (nSPS) is 16.5. The van der Waals surface area contributed by atoms with Gasteiger partial charge in [0, 0.05) is 48.7 Å². The Morgan fingerprint density at radius 2 is 1.81 bits per heavy atom. The average Bonchev–Trinajstić information content (AvgIpc) is 3.14. The average molecular weight is 348 g/mol. The van der Waals surface area contributed by atoms with Gasteiger partial charge in [-0.25, -0.2) is 0 Å². The van der Waals surface area contributed by atoms with E-state index in [0.29, 0.717) is 19.8 Å². The van der Waals surface area contributed by atoms with Crippen molar-refractivity contribution in [2.24, 2.45) is 5.92 Å². The van der Waals surface area contributed by atoms with Gasteiger partial charge in [0.15, 0.2) is 0 Å². The molecule has 1 amide bonds. The van der Waals surface area contributed by atoms with Crippen molar-refractivity contribution in [1.82, 2.24) is 10.3 Å². The molecular formula is C22H24N2O2. The summed E-state index contributed by atoms with van der Waals surface area (Å²) < 4.78 is 5.37. The molecule has 1 aromatic heterocycles. The highest BCUT2D eigenvalue weighted by Crippen LogP contribution is 2.30. The van der Waals surface area contributed by atoms with Crippen molar-refractivity contribution >= 4 is 16.8 Å². The number of ether oxygens (including phenoxy) is 1. The molecule has 0 radical (unpaired) electrons. The Balaban J connectivity index is 1.58. The number of aromatic amines is 1. The number of hydrogen-bond donors (Lipinski definition) is 2. The number of amides is 1. The summed E-state index contributed by atoms with van der Waals surface area (Å²) in [5.41, 5.74) is 3.56. The second kappa shape index (κ2) is 7.75. The zero-order valence-electron chi connectivity index (χ0n) is 14.8. The summed E-state index contributed by atoms with van der Waals surface area (Å²) in [6, 6.07) is 18.7. The van der Waals surface area contributed by atoms with Gasteiger partial charge in [-0.1, -0.05) is 48.5 Å². The molecule has 0 spiro atoms. The Labute approximate surface area is 153 Å². The monoisotopic (exact) mass is 348 g/mol. The van der Waals surface area contributed by atoms with Crippen molar-refractivity contribution in [3.8, 4) is 0 Å². The second-order valence-electron chi connectivity index (χ2n) is 6.88. The van der Waals surface area contributed by atoms with E-state index in [0.717, 1.165) is 18.4 Å². The van der Waals surface area contributed by atoms with E-state index in [1.165, 1.54) is 16.5 Å². The maximum atomic E-state index is 12.6. The van der Waals surface area contributed by atoms with Gasteiger partial charge < -0.3 is 15.0 Å². The van der Waals surface area contributed by atoms with Crippen LogP contribution >= 0.6 is 0 Å². The lowest BCUT2D eigenvalue weighted by Crippen LogP contribution is -2.36. The molecule has 1 saturated heterocycles. The zero-order valence-corrected chi connectivity index (χ0v) is 14.8. The van der Waals surface area contributed by atoms with Gasteiger partial charge in [-0.3, -0.25) is 4.79 Å². The van der Waals surface area contributed by atoms with Crippen molar-refractivity contribution in [3.05, 3.63) is 71.9 Å². The summed E-state index contributed by atoms with van der Waals surface area (Å²) >= 11 is 0. The van der Waals surface area contributed by atoms with Gasteiger partial charge in [0.1, 0.15) is 0 Å². The van der Waals surface area contributed by atoms with Crippen LogP contribution in [0.5, 0.6) is 0 Å². The van der Waals surface area contributed by atoms with E-state index < -0.39 is 0 Å². The predicted molar refractivity (Wildman–Crippen MR) is 103 cm³/mol. The first-order chi connectivity index (χ1) is 12.8. The van der Waals surface area contributed by atoms with Crippen molar-refractivity contribution in [2.75, 3.05) is 19.8 Å². The molecule has 2 N–H and O–H groups in total. The number of benzene rings is 2. The van der Waals surface area contributed by atoms with Gasteiger partial charge in [-0.15, -0.1) is 0 Å². The number of carbonyl (C=O) groups is 1. The van der Waals surface area contributed by atoms with E-state index in [1.54, 1.807) is 0 Å². The summed E-state index contributed by atoms with van der Waals surface area (Å²) in [5, 5.41) is 4.41. The molecular weight excluding hydrogens is 324 g/mol. The Hall–Kier alpha value is -2.59. The molecule has 1 aliphatic rings. The van der Waals surface area contributed by atoms with Crippen LogP contribution in [0, 0.1) is 5.92 Å². The minimum atomic E-state index is 0.0724. The fourth-order valence-electron chi connectivity index (χ4n) is 3.78. The standard InChI is InChI=1S/C22H24N2O2/c25-22(17-10-12-26-13-11-17)24-14-19(16-6-2-1-3-7-16)20-15-23-21-9-5-4-8-18(20)21/h1-9,15,17,19,23H,10-14H2,(H,24,25). The van der Waals surface area contributed by atoms with Crippen LogP contribution < -0.4 is 5.32 Å². The van der Waals surface area contributed by atoms with E-state index >= 15 is 0 Å². The fraction of sp³-hybridized carbons (Fsp3) is 0.318. The van der Waals surface area contributed by atoms with Gasteiger partial charge in [0.25, 0.3) is 0 Å². The van der Waals surface area contributed by atoms with Gasteiger partial charge in [-0.2, -0.15) is 0 Å². The van der Waals surface area contributed by atoms with Crippen LogP contribution in [-0.4, -0.2) is 30.6 Å². The number of H-pyrrole nitrogens is 1. The molecule has 1 unspecified atom stereocenters. The highest BCUT2D eigenvalue weighted by molar-refractivity contribution is 5.84. The fourth-order valence-corrected chi connectivity index (χ4v) is 3.78. The van der Waals surface area contributed by atoms with Crippen LogP contribution in [0.3, 0.4) is 0 Å². The maximum absolute atomic E-state index is 12.6. The molecule has 1 aliphatic heterocycles. The molecule has 2 aromatic carbocycles. The highest BCUT2D eigenvalue weighted by Gasteiger charge is 2.24. The number of carbonyl (C=O) groups excluding carboxylic acids is 1. The Bertz CT molecular complexity index is 866. The second-order valence-corrected chi connectivity index (χ2v) is 6.88. The first-order valence-electron chi connectivity index (χ1n) is 9.29. The van der Waals surface area contributed by atoms with E-state index in [-0.39, 0.29) is 17.7 Å². The lowest BCUT2D eigenvalue weighted by Gasteiger charge is -2.23. The van der Waals surface area contributed by atoms with Crippen molar-refractivity contribution in [1.29, 1.82) is 0 Å². The first-order valence-corrected chi connectivity index (χ1v) is 9.29. The zero-order chi connectivity index (χ0) is 17.8. The molecule has 4 rings (SSSR count). The summed E-state index contributed by atoms with van der Waals surface area (Å²) in [6.45, 7) is 1.97. The molecule has 0 bridgehead atoms. The number of hydrogen-bond acceptors (Lipinski definition) is 2. The first kappa shape index (κ1) is 16.9. The molecule has 3 aromatic rings. The molecule has 0 aliphatic carbocycles. The molecule has 2 heterocycles. The van der Waals surface area contributed by atoms with Gasteiger partial charge in [0.05, 0.1) is 0 Å². The van der Waals surface area contributed by atoms with E-state index in [2.05, 4.69) is 59.0 Å². The van der Waals surface area contributed by atoms with Crippen LogP contribution in [0.15, 0.2) is 60.8 Å². The van der Waals surface area contributed by atoms with E-state index in [1.807, 2.05) is 12.1 Å². The van der Waals surface area contributed by atoms with Crippen LogP contribution in [0.25, 0.3) is 10.9 Å². The number of rotatable bonds is 5. The molecule has 26 heavy (non-hydrogen) atoms. The van der Waals surface area contributed by atoms with Gasteiger partial charge in [-0.05, 0) is 30.0 Å². The number of nitrogens with one attached hydrogen (secondary N) is 2. The molecule has 4 heteroatoms. The van der Waals surface area contributed by atoms with Crippen molar-refractivity contribution in [3.63, 3.8) is 0 Å². The maximum Gasteiger partial charge on any atom is 0.223 e. The Morgan fingerprint density at radius 1 is 1.08 bits per heavy atom. The smallest absolute Gasteiger partial charge is 0.223 e. The Morgan fingerprint density at radius 3 is 2.62 bits per heavy atom. The SMILES string of the molecule is O=C(NCC(c1ccccc1)c1c[nH]c2ccccc12)C1CCOCC1. The van der Waals surface area contributed by atoms with Crippen molar-refractivity contribution in [2.45, 2.75) is 18.8 Å². The quantitative estimate of drug-likeness (QED) is 0.736. The third kappa shape index (κ3) is 3.51. The van der Waals surface area contributed by atoms with Crippen LogP contribution in [-0.2, 0) is 9.53 Å². The van der Waals surface area contributed by atoms with Crippen molar-refractivity contribution < 1.29 is 9.53 Å². The lowest BCUT2D eigenvalue weighted by molar-refractivity contribution is -0.127. The third-order valence-electron chi connectivity index (χ3n) is 5.27. The lowest BCUT2D eigenvalue weighted by atomic mass is 9.90. The number of fused-ring (bicyclic) bond motifs is 1. The summed E-state index contributed by atoms with van der Waals surface area (Å²) in [4.78, 5) is 16.0. The van der Waals surface area contributed by atoms with E-state index in [9.17, 15) is 4.79 Å². The number of para-hydroxylation sites is 1. The topological polar surface area (TPSA) is 54.1 Å². The molecule has 134 valence electrons. The molecule has 1 fully saturated rings.